The zero-order chi connectivity index (χ0) is 22.6. The molecule has 160 valence electrons. The second-order valence-electron chi connectivity index (χ2n) is 8.84. The number of aromatic nitrogens is 1. The van der Waals surface area contributed by atoms with Crippen molar-refractivity contribution >= 4 is 49.3 Å². The minimum absolute atomic E-state index is 0.0175. The summed E-state index contributed by atoms with van der Waals surface area (Å²) >= 11 is 1.83. The van der Waals surface area contributed by atoms with Crippen LogP contribution in [0.3, 0.4) is 0 Å². The van der Waals surface area contributed by atoms with Crippen molar-refractivity contribution in [2.24, 2.45) is 5.92 Å². The van der Waals surface area contributed by atoms with Crippen LogP contribution in [0.4, 0.5) is 0 Å². The highest BCUT2D eigenvalue weighted by atomic mass is 32.1. The number of hydrogen-bond acceptors (Lipinski definition) is 2. The fourth-order valence-electron chi connectivity index (χ4n) is 5.33. The van der Waals surface area contributed by atoms with Gasteiger partial charge in [-0.2, -0.15) is 5.26 Å². The molecule has 0 saturated heterocycles. The van der Waals surface area contributed by atoms with Gasteiger partial charge in [-0.05, 0) is 40.8 Å². The number of nitrogens with zero attached hydrogens (tertiary/aromatic N) is 2. The lowest BCUT2D eigenvalue weighted by molar-refractivity contribution is 0.826. The van der Waals surface area contributed by atoms with Crippen LogP contribution >= 0.6 is 11.3 Å². The van der Waals surface area contributed by atoms with E-state index in [0.717, 1.165) is 6.42 Å². The summed E-state index contributed by atoms with van der Waals surface area (Å²) in [6.07, 6.45) is 4.99. The highest BCUT2D eigenvalue weighted by molar-refractivity contribution is 7.19. The molecule has 0 N–H and O–H groups in total. The molecule has 0 saturated carbocycles. The van der Waals surface area contributed by atoms with E-state index in [9.17, 15) is 5.26 Å². The summed E-state index contributed by atoms with van der Waals surface area (Å²) in [7, 11) is 0. The fourth-order valence-corrected chi connectivity index (χ4v) is 6.62. The van der Waals surface area contributed by atoms with Crippen LogP contribution in [0.25, 0.3) is 54.8 Å². The molecule has 2 aromatic heterocycles. The monoisotopic (exact) mass is 452 g/mol. The normalized spacial score (nSPS) is 15.1. The molecule has 1 aliphatic carbocycles. The first-order valence-corrected chi connectivity index (χ1v) is 12.3. The lowest BCUT2D eigenvalue weighted by Gasteiger charge is -2.14. The fraction of sp³-hybridized carbons (Fsp3) is 0.0645. The molecule has 7 rings (SSSR count). The maximum absolute atomic E-state index is 9.36. The Bertz CT molecular complexity index is 1760. The summed E-state index contributed by atoms with van der Waals surface area (Å²) in [6, 6.07) is 35.2. The van der Waals surface area contributed by atoms with Crippen molar-refractivity contribution < 1.29 is 0 Å². The van der Waals surface area contributed by atoms with E-state index in [2.05, 4.69) is 108 Å². The second-order valence-corrected chi connectivity index (χ2v) is 9.97. The molecule has 2 nitrogen and oxygen atoms in total. The molecule has 6 aromatic rings. The molecule has 34 heavy (non-hydrogen) atoms. The number of nitriles is 1. The molecule has 1 aliphatic rings. The minimum atomic E-state index is -0.0175. The average molecular weight is 453 g/mol. The molecule has 1 atom stereocenters. The predicted octanol–water partition coefficient (Wildman–Crippen LogP) is 8.37. The summed E-state index contributed by atoms with van der Waals surface area (Å²) in [5, 5.41) is 13.2. The number of allylic oxidation sites excluding steroid dienone is 1. The van der Waals surface area contributed by atoms with Crippen LogP contribution in [0, 0.1) is 17.2 Å². The Hall–Kier alpha value is -4.13. The van der Waals surface area contributed by atoms with Crippen LogP contribution in [0.1, 0.15) is 10.4 Å². The average Bonchev–Trinajstić information content (AvgIpc) is 3.43. The Kier molecular flexibility index (Phi) is 4.24. The number of benzene rings is 4. The van der Waals surface area contributed by atoms with Crippen molar-refractivity contribution in [2.75, 3.05) is 0 Å². The van der Waals surface area contributed by atoms with E-state index >= 15 is 0 Å². The SMILES string of the molecule is N#CC1C=Cc2c(sc3cc(-c4ccccc4-n4c5ccccc5c5ccccc54)ccc23)C1. The summed E-state index contributed by atoms with van der Waals surface area (Å²) in [6.45, 7) is 0. The standard InChI is InChI=1S/C31H20N2S/c32-19-20-13-15-25-26-16-14-21(18-31(26)34-30(25)17-20)22-7-1-4-10-27(22)33-28-11-5-2-8-23(28)24-9-3-6-12-29(24)33/h1-16,18,20H,17H2. The van der Waals surface area contributed by atoms with Gasteiger partial charge in [0.15, 0.2) is 0 Å². The predicted molar refractivity (Wildman–Crippen MR) is 143 cm³/mol. The van der Waals surface area contributed by atoms with Crippen molar-refractivity contribution in [3.63, 3.8) is 0 Å². The zero-order valence-electron chi connectivity index (χ0n) is 18.4. The maximum atomic E-state index is 9.36. The van der Waals surface area contributed by atoms with Gasteiger partial charge in [0.1, 0.15) is 0 Å². The third-order valence-corrected chi connectivity index (χ3v) is 8.10. The van der Waals surface area contributed by atoms with Gasteiger partial charge in [-0.3, -0.25) is 0 Å². The Morgan fingerprint density at radius 2 is 1.50 bits per heavy atom. The lowest BCUT2D eigenvalue weighted by Crippen LogP contribution is -2.01. The molecule has 4 aromatic carbocycles. The van der Waals surface area contributed by atoms with E-state index in [1.807, 2.05) is 17.4 Å². The largest absolute Gasteiger partial charge is 0.309 e. The van der Waals surface area contributed by atoms with Crippen molar-refractivity contribution in [3.8, 4) is 22.9 Å². The van der Waals surface area contributed by atoms with E-state index in [0.29, 0.717) is 0 Å². The number of fused-ring (bicyclic) bond motifs is 6. The molecule has 2 heterocycles. The smallest absolute Gasteiger partial charge is 0.0701 e. The molecule has 1 unspecified atom stereocenters. The molecule has 0 bridgehead atoms. The highest BCUT2D eigenvalue weighted by Crippen LogP contribution is 2.41. The molecule has 0 aliphatic heterocycles. The van der Waals surface area contributed by atoms with E-state index in [4.69, 9.17) is 0 Å². The summed E-state index contributed by atoms with van der Waals surface area (Å²) in [4.78, 5) is 1.32. The minimum Gasteiger partial charge on any atom is -0.309 e. The van der Waals surface area contributed by atoms with Crippen LogP contribution in [-0.4, -0.2) is 4.57 Å². The van der Waals surface area contributed by atoms with Crippen LogP contribution in [-0.2, 0) is 6.42 Å². The number of rotatable bonds is 2. The van der Waals surface area contributed by atoms with E-state index < -0.39 is 0 Å². The van der Waals surface area contributed by atoms with Crippen molar-refractivity contribution in [3.05, 3.63) is 108 Å². The van der Waals surface area contributed by atoms with Gasteiger partial charge in [0.2, 0.25) is 0 Å². The molecular formula is C31H20N2S. The Labute approximate surface area is 201 Å². The second kappa shape index (κ2) is 7.45. The molecule has 0 fully saturated rings. The summed E-state index contributed by atoms with van der Waals surface area (Å²) in [5.41, 5.74) is 7.34. The quantitative estimate of drug-likeness (QED) is 0.259. The van der Waals surface area contributed by atoms with Gasteiger partial charge >= 0.3 is 0 Å². The first kappa shape index (κ1) is 19.3. The van der Waals surface area contributed by atoms with Gasteiger partial charge in [0, 0.05) is 32.3 Å². The van der Waals surface area contributed by atoms with Crippen molar-refractivity contribution in [1.82, 2.24) is 4.57 Å². The van der Waals surface area contributed by atoms with E-state index in [-0.39, 0.29) is 5.92 Å². The van der Waals surface area contributed by atoms with E-state index in [1.165, 1.54) is 59.1 Å². The molecule has 0 radical (unpaired) electrons. The number of thiophene rings is 1. The van der Waals surface area contributed by atoms with Gasteiger partial charge in [-0.15, -0.1) is 11.3 Å². The Balaban J connectivity index is 1.45. The summed E-state index contributed by atoms with van der Waals surface area (Å²) in [5.74, 6) is -0.0175. The third kappa shape index (κ3) is 2.79. The van der Waals surface area contributed by atoms with Gasteiger partial charge < -0.3 is 4.57 Å². The van der Waals surface area contributed by atoms with Gasteiger partial charge in [0.05, 0.1) is 28.7 Å². The topological polar surface area (TPSA) is 28.7 Å². The maximum Gasteiger partial charge on any atom is 0.0701 e. The van der Waals surface area contributed by atoms with Gasteiger partial charge in [0.25, 0.3) is 0 Å². The number of hydrogen-bond donors (Lipinski definition) is 0. The van der Waals surface area contributed by atoms with Crippen LogP contribution in [0.5, 0.6) is 0 Å². The molecular weight excluding hydrogens is 432 g/mol. The van der Waals surface area contributed by atoms with Crippen LogP contribution in [0.15, 0.2) is 97.1 Å². The molecule has 0 amide bonds. The van der Waals surface area contributed by atoms with Crippen molar-refractivity contribution in [2.45, 2.75) is 6.42 Å². The third-order valence-electron chi connectivity index (χ3n) is 6.91. The van der Waals surface area contributed by atoms with Gasteiger partial charge in [-0.1, -0.05) is 78.9 Å². The molecule has 3 heteroatoms. The Morgan fingerprint density at radius 1 is 0.794 bits per heavy atom. The van der Waals surface area contributed by atoms with Gasteiger partial charge in [-0.25, -0.2) is 0 Å². The Morgan fingerprint density at radius 3 is 2.26 bits per heavy atom. The summed E-state index contributed by atoms with van der Waals surface area (Å²) < 4.78 is 3.67. The molecule has 0 spiro atoms. The van der Waals surface area contributed by atoms with Crippen molar-refractivity contribution in [1.29, 1.82) is 5.26 Å². The van der Waals surface area contributed by atoms with Crippen LogP contribution < -0.4 is 0 Å². The first-order chi connectivity index (χ1) is 16.8. The lowest BCUT2D eigenvalue weighted by atomic mass is 9.94. The van der Waals surface area contributed by atoms with Crippen LogP contribution in [0.2, 0.25) is 0 Å². The van der Waals surface area contributed by atoms with E-state index in [1.54, 1.807) is 0 Å². The first-order valence-electron chi connectivity index (χ1n) is 11.5. The number of para-hydroxylation sites is 3. The highest BCUT2D eigenvalue weighted by Gasteiger charge is 2.19. The zero-order valence-corrected chi connectivity index (χ0v) is 19.2.